The predicted molar refractivity (Wildman–Crippen MR) is 81.5 cm³/mol. The van der Waals surface area contributed by atoms with Crippen molar-refractivity contribution in [2.45, 2.75) is 77.4 Å². The molecule has 2 nitrogen and oxygen atoms in total. The maximum Gasteiger partial charge on any atom is 0.0596 e. The zero-order valence-electron chi connectivity index (χ0n) is 13.3. The van der Waals surface area contributed by atoms with Crippen molar-refractivity contribution < 1.29 is 9.84 Å². The van der Waals surface area contributed by atoms with Gasteiger partial charge in [-0.2, -0.15) is 0 Å². The molecule has 1 aliphatic heterocycles. The van der Waals surface area contributed by atoms with Crippen LogP contribution in [0.2, 0.25) is 0 Å². The van der Waals surface area contributed by atoms with Gasteiger partial charge in [-0.05, 0) is 68.6 Å². The highest BCUT2D eigenvalue weighted by Gasteiger charge is 2.42. The smallest absolute Gasteiger partial charge is 0.0596 e. The van der Waals surface area contributed by atoms with Crippen LogP contribution in [0.1, 0.15) is 65.2 Å². The second-order valence-corrected chi connectivity index (χ2v) is 7.78. The SMILES string of the molecule is CC1CCC2CCCC([C@@H](C)C(O)C3CCC3)C2CO1. The van der Waals surface area contributed by atoms with Crippen molar-refractivity contribution in [3.8, 4) is 0 Å². The van der Waals surface area contributed by atoms with Gasteiger partial charge in [0.2, 0.25) is 0 Å². The molecular weight excluding hydrogens is 248 g/mol. The molecule has 3 fully saturated rings. The Bertz CT molecular complexity index is 313. The summed E-state index contributed by atoms with van der Waals surface area (Å²) in [7, 11) is 0. The second-order valence-electron chi connectivity index (χ2n) is 7.78. The quantitative estimate of drug-likeness (QED) is 0.846. The van der Waals surface area contributed by atoms with Gasteiger partial charge in [-0.3, -0.25) is 0 Å². The van der Waals surface area contributed by atoms with Gasteiger partial charge in [-0.25, -0.2) is 0 Å². The highest BCUT2D eigenvalue weighted by Crippen LogP contribution is 2.46. The summed E-state index contributed by atoms with van der Waals surface area (Å²) in [5.41, 5.74) is 0. The molecule has 0 bridgehead atoms. The van der Waals surface area contributed by atoms with E-state index in [1.807, 2.05) is 0 Å². The Kier molecular flexibility index (Phi) is 4.72. The van der Waals surface area contributed by atoms with Crippen LogP contribution in [0.5, 0.6) is 0 Å². The molecule has 0 spiro atoms. The van der Waals surface area contributed by atoms with E-state index in [1.165, 1.54) is 51.4 Å². The largest absolute Gasteiger partial charge is 0.393 e. The van der Waals surface area contributed by atoms with Crippen LogP contribution in [0.25, 0.3) is 0 Å². The highest BCUT2D eigenvalue weighted by atomic mass is 16.5. The van der Waals surface area contributed by atoms with Crippen molar-refractivity contribution in [3.63, 3.8) is 0 Å². The normalized spacial score (nSPS) is 42.1. The van der Waals surface area contributed by atoms with E-state index in [-0.39, 0.29) is 6.10 Å². The van der Waals surface area contributed by atoms with E-state index < -0.39 is 0 Å². The van der Waals surface area contributed by atoms with Gasteiger partial charge >= 0.3 is 0 Å². The number of aliphatic hydroxyl groups is 1. The number of ether oxygens (including phenoxy) is 1. The van der Waals surface area contributed by atoms with Crippen LogP contribution >= 0.6 is 0 Å². The Hall–Kier alpha value is -0.0800. The van der Waals surface area contributed by atoms with Gasteiger partial charge in [0, 0.05) is 0 Å². The molecular formula is C18H32O2. The molecule has 1 N–H and O–H groups in total. The maximum absolute atomic E-state index is 10.7. The molecule has 0 amide bonds. The molecule has 1 heterocycles. The lowest BCUT2D eigenvalue weighted by atomic mass is 9.63. The fourth-order valence-corrected chi connectivity index (χ4v) is 4.94. The van der Waals surface area contributed by atoms with Crippen molar-refractivity contribution in [2.75, 3.05) is 6.61 Å². The van der Waals surface area contributed by atoms with Crippen LogP contribution < -0.4 is 0 Å². The van der Waals surface area contributed by atoms with Crippen molar-refractivity contribution in [3.05, 3.63) is 0 Å². The molecule has 0 aromatic heterocycles. The molecule has 1 saturated heterocycles. The average molecular weight is 280 g/mol. The Morgan fingerprint density at radius 1 is 1.00 bits per heavy atom. The fraction of sp³-hybridized carbons (Fsp3) is 1.00. The zero-order chi connectivity index (χ0) is 14.1. The minimum Gasteiger partial charge on any atom is -0.393 e. The van der Waals surface area contributed by atoms with Crippen LogP contribution in [0.4, 0.5) is 0 Å². The van der Waals surface area contributed by atoms with Gasteiger partial charge in [0.05, 0.1) is 18.8 Å². The summed E-state index contributed by atoms with van der Waals surface area (Å²) >= 11 is 0. The monoisotopic (exact) mass is 280 g/mol. The van der Waals surface area contributed by atoms with Gasteiger partial charge in [0.25, 0.3) is 0 Å². The first-order chi connectivity index (χ1) is 9.66. The lowest BCUT2D eigenvalue weighted by Crippen LogP contribution is -2.42. The molecule has 2 saturated carbocycles. The minimum absolute atomic E-state index is 0.0619. The third-order valence-corrected chi connectivity index (χ3v) is 6.63. The topological polar surface area (TPSA) is 29.5 Å². The van der Waals surface area contributed by atoms with E-state index in [2.05, 4.69) is 13.8 Å². The number of hydrogen-bond acceptors (Lipinski definition) is 2. The summed E-state index contributed by atoms with van der Waals surface area (Å²) in [5, 5.41) is 10.7. The van der Waals surface area contributed by atoms with Gasteiger partial charge in [-0.15, -0.1) is 0 Å². The first kappa shape index (κ1) is 14.8. The van der Waals surface area contributed by atoms with Crippen LogP contribution in [-0.4, -0.2) is 23.9 Å². The zero-order valence-corrected chi connectivity index (χ0v) is 13.3. The van der Waals surface area contributed by atoms with E-state index in [4.69, 9.17) is 4.74 Å². The van der Waals surface area contributed by atoms with E-state index in [1.54, 1.807) is 0 Å². The van der Waals surface area contributed by atoms with Gasteiger partial charge in [-0.1, -0.05) is 26.2 Å². The Morgan fingerprint density at radius 3 is 2.45 bits per heavy atom. The van der Waals surface area contributed by atoms with E-state index in [9.17, 15) is 5.11 Å². The maximum atomic E-state index is 10.7. The first-order valence-corrected chi connectivity index (χ1v) is 8.96. The van der Waals surface area contributed by atoms with Crippen molar-refractivity contribution in [2.24, 2.45) is 29.6 Å². The van der Waals surface area contributed by atoms with E-state index >= 15 is 0 Å². The molecule has 0 radical (unpaired) electrons. The lowest BCUT2D eigenvalue weighted by molar-refractivity contribution is -0.0491. The number of hydrogen-bond donors (Lipinski definition) is 1. The van der Waals surface area contributed by atoms with Crippen LogP contribution in [0.3, 0.4) is 0 Å². The molecule has 0 aromatic carbocycles. The Morgan fingerprint density at radius 2 is 1.75 bits per heavy atom. The molecule has 6 atom stereocenters. The molecule has 2 aliphatic carbocycles. The molecule has 3 rings (SSSR count). The molecule has 5 unspecified atom stereocenters. The van der Waals surface area contributed by atoms with E-state index in [0.717, 1.165) is 12.5 Å². The number of aliphatic hydroxyl groups excluding tert-OH is 1. The Balaban J connectivity index is 1.67. The van der Waals surface area contributed by atoms with Gasteiger partial charge in [0.15, 0.2) is 0 Å². The third kappa shape index (κ3) is 2.92. The first-order valence-electron chi connectivity index (χ1n) is 8.96. The number of rotatable bonds is 3. The molecule has 20 heavy (non-hydrogen) atoms. The summed E-state index contributed by atoms with van der Waals surface area (Å²) in [5.74, 6) is 3.31. The molecule has 0 aromatic rings. The van der Waals surface area contributed by atoms with Crippen molar-refractivity contribution >= 4 is 0 Å². The summed E-state index contributed by atoms with van der Waals surface area (Å²) in [6.45, 7) is 5.47. The third-order valence-electron chi connectivity index (χ3n) is 6.63. The Labute approximate surface area is 124 Å². The van der Waals surface area contributed by atoms with Crippen LogP contribution in [0.15, 0.2) is 0 Å². The predicted octanol–water partition coefficient (Wildman–Crippen LogP) is 4.01. The number of fused-ring (bicyclic) bond motifs is 1. The van der Waals surface area contributed by atoms with Gasteiger partial charge in [0.1, 0.15) is 0 Å². The summed E-state index contributed by atoms with van der Waals surface area (Å²) in [4.78, 5) is 0. The standard InChI is InChI=1S/C18H32O2/c1-12-9-10-14-5-4-8-16(17(14)11-20-12)13(2)18(19)15-6-3-7-15/h12-19H,3-11H2,1-2H3/t12?,13-,14?,16?,17?,18?/m1/s1. The minimum atomic E-state index is -0.0619. The van der Waals surface area contributed by atoms with Crippen molar-refractivity contribution in [1.29, 1.82) is 0 Å². The van der Waals surface area contributed by atoms with Gasteiger partial charge < -0.3 is 9.84 Å². The van der Waals surface area contributed by atoms with Crippen LogP contribution in [0, 0.1) is 29.6 Å². The summed E-state index contributed by atoms with van der Waals surface area (Å²) in [6.07, 6.45) is 10.8. The molecule has 116 valence electrons. The molecule has 2 heteroatoms. The average Bonchev–Trinajstić information content (AvgIpc) is 2.58. The second kappa shape index (κ2) is 6.36. The lowest BCUT2D eigenvalue weighted by Gasteiger charge is -2.44. The highest BCUT2D eigenvalue weighted by molar-refractivity contribution is 4.91. The molecule has 3 aliphatic rings. The van der Waals surface area contributed by atoms with E-state index in [0.29, 0.717) is 29.8 Å². The van der Waals surface area contributed by atoms with Crippen molar-refractivity contribution in [1.82, 2.24) is 0 Å². The van der Waals surface area contributed by atoms with Crippen LogP contribution in [-0.2, 0) is 4.74 Å². The summed E-state index contributed by atoms with van der Waals surface area (Å²) < 4.78 is 6.05. The summed E-state index contributed by atoms with van der Waals surface area (Å²) in [6, 6.07) is 0. The fourth-order valence-electron chi connectivity index (χ4n) is 4.94.